The minimum Gasteiger partial charge on any atom is -0.351 e. The highest BCUT2D eigenvalue weighted by atomic mass is 32.1. The van der Waals surface area contributed by atoms with E-state index in [2.05, 4.69) is 15.3 Å². The summed E-state index contributed by atoms with van der Waals surface area (Å²) in [6, 6.07) is 6.18. The van der Waals surface area contributed by atoms with Crippen molar-refractivity contribution in [2.45, 2.75) is 20.3 Å². The highest BCUT2D eigenvalue weighted by Crippen LogP contribution is 2.26. The normalized spacial score (nSPS) is 11.0. The van der Waals surface area contributed by atoms with E-state index in [1.54, 1.807) is 26.0 Å². The zero-order valence-corrected chi connectivity index (χ0v) is 14.1. The van der Waals surface area contributed by atoms with Gasteiger partial charge in [0.15, 0.2) is 0 Å². The molecule has 0 radical (unpaired) electrons. The molecule has 2 N–H and O–H groups in total. The molecule has 2 heterocycles. The van der Waals surface area contributed by atoms with Gasteiger partial charge in [-0.2, -0.15) is 0 Å². The van der Waals surface area contributed by atoms with Gasteiger partial charge in [0.2, 0.25) is 0 Å². The number of carbonyl (C=O) groups excluding carboxylic acids is 1. The number of carbonyl (C=O) groups is 1. The second-order valence-electron chi connectivity index (χ2n) is 5.52. The number of rotatable bonds is 4. The second-order valence-corrected chi connectivity index (χ2v) is 6.52. The summed E-state index contributed by atoms with van der Waals surface area (Å²) < 4.78 is 12.9. The number of halogens is 1. The lowest BCUT2D eigenvalue weighted by atomic mass is 10.1. The van der Waals surface area contributed by atoms with Crippen molar-refractivity contribution in [1.29, 1.82) is 0 Å². The number of thiophene rings is 1. The van der Waals surface area contributed by atoms with E-state index in [4.69, 9.17) is 0 Å². The Labute approximate surface area is 141 Å². The van der Waals surface area contributed by atoms with Gasteiger partial charge in [-0.1, -0.05) is 12.1 Å². The van der Waals surface area contributed by atoms with E-state index in [-0.39, 0.29) is 17.3 Å². The Morgan fingerprint density at radius 3 is 2.71 bits per heavy atom. The number of fused-ring (bicyclic) bond motifs is 1. The van der Waals surface area contributed by atoms with Crippen LogP contribution in [0, 0.1) is 19.7 Å². The van der Waals surface area contributed by atoms with Gasteiger partial charge in [-0.05, 0) is 43.5 Å². The molecular weight excluding hydrogens is 329 g/mol. The van der Waals surface area contributed by atoms with Crippen molar-refractivity contribution in [2.75, 3.05) is 6.54 Å². The molecule has 124 valence electrons. The number of aromatic amines is 1. The van der Waals surface area contributed by atoms with Gasteiger partial charge in [0.25, 0.3) is 11.5 Å². The maximum absolute atomic E-state index is 12.9. The number of hydrogen-bond acceptors (Lipinski definition) is 4. The molecule has 0 saturated carbocycles. The third-order valence-corrected chi connectivity index (χ3v) is 4.92. The number of nitrogens with one attached hydrogen (secondary N) is 2. The van der Waals surface area contributed by atoms with Crippen molar-refractivity contribution >= 4 is 27.5 Å². The molecule has 7 heteroatoms. The van der Waals surface area contributed by atoms with Crippen LogP contribution in [0.4, 0.5) is 4.39 Å². The summed E-state index contributed by atoms with van der Waals surface area (Å²) in [5.41, 5.74) is 1.36. The molecule has 5 nitrogen and oxygen atoms in total. The van der Waals surface area contributed by atoms with Gasteiger partial charge in [0.1, 0.15) is 16.5 Å². The lowest BCUT2D eigenvalue weighted by Gasteiger charge is -2.04. The fourth-order valence-corrected chi connectivity index (χ4v) is 3.66. The predicted octanol–water partition coefficient (Wildman–Crippen LogP) is 2.71. The number of amides is 1. The Balaban J connectivity index is 1.74. The first kappa shape index (κ1) is 16.3. The van der Waals surface area contributed by atoms with E-state index in [0.29, 0.717) is 39.4 Å². The van der Waals surface area contributed by atoms with Crippen LogP contribution in [-0.2, 0) is 6.42 Å². The van der Waals surface area contributed by atoms with Crippen molar-refractivity contribution in [2.24, 2.45) is 0 Å². The zero-order chi connectivity index (χ0) is 17.3. The topological polar surface area (TPSA) is 74.8 Å². The molecule has 0 aliphatic carbocycles. The van der Waals surface area contributed by atoms with Crippen molar-refractivity contribution in [3.8, 4) is 0 Å². The van der Waals surface area contributed by atoms with Crippen molar-refractivity contribution in [3.05, 3.63) is 62.3 Å². The quantitative estimate of drug-likeness (QED) is 0.763. The van der Waals surface area contributed by atoms with Crippen LogP contribution in [-0.4, -0.2) is 22.4 Å². The van der Waals surface area contributed by atoms with Crippen molar-refractivity contribution in [3.63, 3.8) is 0 Å². The SMILES string of the molecule is Cc1nc2sc(C(=O)NCCc3ccc(F)cc3)c(C)c2c(=O)[nH]1. The molecule has 0 spiro atoms. The Morgan fingerprint density at radius 1 is 1.29 bits per heavy atom. The second kappa shape index (κ2) is 6.52. The van der Waals surface area contributed by atoms with Crippen LogP contribution in [0.2, 0.25) is 0 Å². The molecule has 0 fully saturated rings. The minimum atomic E-state index is -0.281. The van der Waals surface area contributed by atoms with Gasteiger partial charge in [0.05, 0.1) is 10.3 Å². The van der Waals surface area contributed by atoms with Crippen LogP contribution >= 0.6 is 11.3 Å². The summed E-state index contributed by atoms with van der Waals surface area (Å²) in [4.78, 5) is 32.4. The van der Waals surface area contributed by atoms with Crippen LogP contribution in [0.5, 0.6) is 0 Å². The van der Waals surface area contributed by atoms with Gasteiger partial charge >= 0.3 is 0 Å². The number of nitrogens with zero attached hydrogens (tertiary/aromatic N) is 1. The first-order valence-electron chi connectivity index (χ1n) is 7.48. The van der Waals surface area contributed by atoms with E-state index >= 15 is 0 Å². The number of H-pyrrole nitrogens is 1. The summed E-state index contributed by atoms with van der Waals surface area (Å²) in [6.07, 6.45) is 0.605. The van der Waals surface area contributed by atoms with Crippen LogP contribution in [0.25, 0.3) is 10.2 Å². The standard InChI is InChI=1S/C17H16FN3O2S/c1-9-13-15(22)20-10(2)21-17(13)24-14(9)16(23)19-8-7-11-3-5-12(18)6-4-11/h3-6H,7-8H2,1-2H3,(H,19,23)(H,20,21,22). The van der Waals surface area contributed by atoms with Crippen LogP contribution in [0.3, 0.4) is 0 Å². The monoisotopic (exact) mass is 345 g/mol. The molecule has 3 rings (SSSR count). The molecule has 0 aliphatic rings. The van der Waals surface area contributed by atoms with E-state index in [1.807, 2.05) is 0 Å². The van der Waals surface area contributed by atoms with E-state index in [1.165, 1.54) is 23.5 Å². The van der Waals surface area contributed by atoms with Crippen LogP contribution < -0.4 is 10.9 Å². The van der Waals surface area contributed by atoms with Crippen molar-refractivity contribution in [1.82, 2.24) is 15.3 Å². The molecule has 2 aromatic heterocycles. The first-order chi connectivity index (χ1) is 11.5. The largest absolute Gasteiger partial charge is 0.351 e. The zero-order valence-electron chi connectivity index (χ0n) is 13.3. The molecule has 1 aromatic carbocycles. The number of benzene rings is 1. The highest BCUT2D eigenvalue weighted by Gasteiger charge is 2.18. The van der Waals surface area contributed by atoms with Gasteiger partial charge in [0, 0.05) is 6.54 Å². The Morgan fingerprint density at radius 2 is 2.00 bits per heavy atom. The van der Waals surface area contributed by atoms with Crippen molar-refractivity contribution < 1.29 is 9.18 Å². The molecular formula is C17H16FN3O2S. The lowest BCUT2D eigenvalue weighted by Crippen LogP contribution is -2.25. The average Bonchev–Trinajstić information content (AvgIpc) is 2.86. The highest BCUT2D eigenvalue weighted by molar-refractivity contribution is 7.20. The molecule has 0 saturated heterocycles. The summed E-state index contributed by atoms with van der Waals surface area (Å²) in [6.45, 7) is 3.89. The Bertz CT molecular complexity index is 960. The smallest absolute Gasteiger partial charge is 0.261 e. The van der Waals surface area contributed by atoms with Gasteiger partial charge in [-0.15, -0.1) is 11.3 Å². The summed E-state index contributed by atoms with van der Waals surface area (Å²) in [5, 5.41) is 3.30. The fraction of sp³-hybridized carbons (Fsp3) is 0.235. The predicted molar refractivity (Wildman–Crippen MR) is 92.2 cm³/mol. The van der Waals surface area contributed by atoms with E-state index < -0.39 is 0 Å². The first-order valence-corrected chi connectivity index (χ1v) is 8.30. The number of aryl methyl sites for hydroxylation is 2. The van der Waals surface area contributed by atoms with E-state index in [9.17, 15) is 14.0 Å². The third-order valence-electron chi connectivity index (χ3n) is 3.74. The molecule has 0 atom stereocenters. The summed E-state index contributed by atoms with van der Waals surface area (Å²) in [5.74, 6) is 0.0170. The van der Waals surface area contributed by atoms with Gasteiger partial charge in [-0.3, -0.25) is 9.59 Å². The van der Waals surface area contributed by atoms with Gasteiger partial charge in [-0.25, -0.2) is 9.37 Å². The molecule has 0 bridgehead atoms. The molecule has 0 unspecified atom stereocenters. The average molecular weight is 345 g/mol. The summed E-state index contributed by atoms with van der Waals surface area (Å²) in [7, 11) is 0. The van der Waals surface area contributed by atoms with Gasteiger partial charge < -0.3 is 10.3 Å². The lowest BCUT2D eigenvalue weighted by molar-refractivity contribution is 0.0957. The fourth-order valence-electron chi connectivity index (χ4n) is 2.52. The van der Waals surface area contributed by atoms with Crippen LogP contribution in [0.15, 0.2) is 29.1 Å². The summed E-state index contributed by atoms with van der Waals surface area (Å²) >= 11 is 1.22. The molecule has 3 aromatic rings. The number of aromatic nitrogens is 2. The third kappa shape index (κ3) is 3.21. The Kier molecular flexibility index (Phi) is 4.44. The Hall–Kier alpha value is -2.54. The maximum atomic E-state index is 12.9. The minimum absolute atomic E-state index is 0.225. The maximum Gasteiger partial charge on any atom is 0.261 e. The van der Waals surface area contributed by atoms with Crippen LogP contribution in [0.1, 0.15) is 26.6 Å². The molecule has 0 aliphatic heterocycles. The molecule has 24 heavy (non-hydrogen) atoms. The van der Waals surface area contributed by atoms with E-state index in [0.717, 1.165) is 5.56 Å². The molecule has 1 amide bonds. The number of hydrogen-bond donors (Lipinski definition) is 2.